The van der Waals surface area contributed by atoms with E-state index in [-0.39, 0.29) is 40.9 Å². The molecule has 5 saturated carbocycles. The van der Waals surface area contributed by atoms with E-state index < -0.39 is 15.8 Å². The maximum absolute atomic E-state index is 14.4. The molecule has 0 saturated heterocycles. The third kappa shape index (κ3) is 14.9. The zero-order valence-corrected chi connectivity index (χ0v) is 43.0. The van der Waals surface area contributed by atoms with Crippen LogP contribution < -0.4 is 31.4 Å². The largest absolute Gasteiger partial charge is 2.00 e. The van der Waals surface area contributed by atoms with E-state index in [9.17, 15) is 10.2 Å². The summed E-state index contributed by atoms with van der Waals surface area (Å²) in [7, 11) is -2.03. The molecule has 67 heavy (non-hydrogen) atoms. The Morgan fingerprint density at radius 1 is 0.373 bits per heavy atom. The number of hydrogen-bond acceptors (Lipinski definition) is 4. The Morgan fingerprint density at radius 2 is 0.612 bits per heavy atom. The van der Waals surface area contributed by atoms with Crippen LogP contribution in [0.2, 0.25) is 0 Å². The molecule has 0 unspecified atom stereocenters. The van der Waals surface area contributed by atoms with Gasteiger partial charge < -0.3 is 10.2 Å². The minimum absolute atomic E-state index is 0. The van der Waals surface area contributed by atoms with Crippen molar-refractivity contribution >= 4 is 48.9 Å². The minimum atomic E-state index is -1.01. The number of rotatable bonds is 10. The summed E-state index contributed by atoms with van der Waals surface area (Å²) in [5.74, 6) is 0.868. The van der Waals surface area contributed by atoms with Gasteiger partial charge >= 0.3 is 17.1 Å². The minimum Gasteiger partial charge on any atom is -0.862 e. The van der Waals surface area contributed by atoms with E-state index >= 15 is 0 Å². The Kier molecular flexibility index (Phi) is 20.7. The molecule has 0 spiro atoms. The maximum atomic E-state index is 14.4. The van der Waals surface area contributed by atoms with E-state index in [1.165, 1.54) is 65.7 Å². The summed E-state index contributed by atoms with van der Waals surface area (Å²) < 4.78 is 0. The van der Waals surface area contributed by atoms with Crippen LogP contribution in [0.4, 0.5) is 0 Å². The molecule has 0 heterocycles. The first kappa shape index (κ1) is 53.5. The maximum Gasteiger partial charge on any atom is 2.00 e. The molecular weight excluding hydrogens is 898 g/mol. The molecule has 0 aromatic heterocycles. The first-order valence-electron chi connectivity index (χ1n) is 23.1. The molecule has 4 aromatic carbocycles. The van der Waals surface area contributed by atoms with Crippen LogP contribution in [0.15, 0.2) is 82.8 Å². The first-order chi connectivity index (χ1) is 31.8. The second-order valence-corrected chi connectivity index (χ2v) is 22.3. The Balaban J connectivity index is 0.000000596. The molecule has 342 valence electrons. The summed E-state index contributed by atoms with van der Waals surface area (Å²) >= 11 is 0. The van der Waals surface area contributed by atoms with Crippen LogP contribution >= 0.6 is 15.8 Å². The van der Waals surface area contributed by atoms with Gasteiger partial charge in [0.15, 0.2) is 0 Å². The molecule has 0 bridgehead atoms. The number of nitrogens with zero attached hydrogens (tertiary/aromatic N) is 2. The van der Waals surface area contributed by atoms with Gasteiger partial charge in [-0.1, -0.05) is 130 Å². The Bertz CT molecular complexity index is 1920. The quantitative estimate of drug-likeness (QED) is 0.0688. The number of benzene rings is 4. The van der Waals surface area contributed by atoms with E-state index in [4.69, 9.17) is 9.98 Å². The molecule has 0 aliphatic heterocycles. The van der Waals surface area contributed by atoms with Gasteiger partial charge in [-0.2, -0.15) is 0 Å². The monoisotopic (exact) mass is 960 g/mol. The molecule has 4 nitrogen and oxygen atoms in total. The molecule has 7 heteroatoms. The van der Waals surface area contributed by atoms with Crippen molar-refractivity contribution in [3.05, 3.63) is 243 Å². The van der Waals surface area contributed by atoms with Crippen molar-refractivity contribution in [2.24, 2.45) is 9.98 Å². The predicted molar refractivity (Wildman–Crippen MR) is 279 cm³/mol. The van der Waals surface area contributed by atoms with Crippen LogP contribution in [0.1, 0.15) is 70.2 Å². The molecule has 0 N–H and O–H groups in total. The smallest absolute Gasteiger partial charge is 0.862 e. The normalized spacial score (nSPS) is 21.0. The number of hydrogen-bond donors (Lipinski definition) is 0. The Hall–Kier alpha value is -2.80. The molecule has 2 atom stereocenters. The van der Waals surface area contributed by atoms with E-state index in [1.807, 2.05) is 89.9 Å². The zero-order chi connectivity index (χ0) is 46.7. The van der Waals surface area contributed by atoms with Crippen molar-refractivity contribution < 1.29 is 27.3 Å². The van der Waals surface area contributed by atoms with Gasteiger partial charge in [0.05, 0.1) is 12.1 Å². The molecule has 9 rings (SSSR count). The zero-order valence-electron chi connectivity index (χ0n) is 40.1. The van der Waals surface area contributed by atoms with Crippen LogP contribution in [-0.4, -0.2) is 23.9 Å². The molecule has 5 aliphatic rings. The molecule has 4 aromatic rings. The molecule has 20 radical (unpaired) electrons. The molecule has 5 aliphatic carbocycles. The average molecular weight is 961 g/mol. The summed E-state index contributed by atoms with van der Waals surface area (Å²) in [6, 6.07) is 26.2. The van der Waals surface area contributed by atoms with E-state index in [0.29, 0.717) is 11.8 Å². The van der Waals surface area contributed by atoms with E-state index in [1.54, 1.807) is 0 Å². The fourth-order valence-electron chi connectivity index (χ4n) is 9.22. The molecule has 0 amide bonds. The van der Waals surface area contributed by atoms with Gasteiger partial charge in [0, 0.05) is 23.2 Å². The van der Waals surface area contributed by atoms with Crippen LogP contribution in [0.5, 0.6) is 0 Å². The van der Waals surface area contributed by atoms with Gasteiger partial charge in [-0.05, 0) is 220 Å². The fourth-order valence-corrected chi connectivity index (χ4v) is 14.9. The summed E-state index contributed by atoms with van der Waals surface area (Å²) in [6.45, 7) is 17.1. The molecular formula is C60H62FeN2O2P2. The number of aryl methyl sites for hydroxylation is 8. The third-order valence-corrected chi connectivity index (χ3v) is 16.6. The SMILES string of the molecule is Cc1cc(C)cc(P([C]2[CH][CH][CH][C]2C([O-])=N[C@H]2CCCC[C@@H]2N=C([O-])[C]2[CH][CH][CH][C]2P(c2cc(C)cc(C)c2)c2cc(C)cc(C)c2)c2cc(C)cc(C)c2)c1.[CH]1[CH][CH][CH][CH]1.[CH]1[CH][CH][CH][CH]1.[Fe+2]. The third-order valence-electron chi connectivity index (χ3n) is 11.8. The summed E-state index contributed by atoms with van der Waals surface area (Å²) in [4.78, 5) is 9.83. The average Bonchev–Trinajstić information content (AvgIpc) is 4.11. The van der Waals surface area contributed by atoms with Crippen molar-refractivity contribution in [3.63, 3.8) is 0 Å². The molecule has 5 fully saturated rings. The van der Waals surface area contributed by atoms with Crippen LogP contribution in [0.3, 0.4) is 0 Å². The van der Waals surface area contributed by atoms with Gasteiger partial charge in [-0.15, -0.1) is 0 Å². The van der Waals surface area contributed by atoms with Crippen LogP contribution in [0.25, 0.3) is 0 Å². The van der Waals surface area contributed by atoms with Gasteiger partial charge in [-0.25, -0.2) is 0 Å². The second kappa shape index (κ2) is 25.9. The fraction of sp³-hybridized carbons (Fsp3) is 0.233. The van der Waals surface area contributed by atoms with Crippen molar-refractivity contribution in [1.29, 1.82) is 0 Å². The first-order valence-corrected chi connectivity index (χ1v) is 25.8. The van der Waals surface area contributed by atoms with Crippen LogP contribution in [-0.2, 0) is 17.1 Å². The van der Waals surface area contributed by atoms with Crippen molar-refractivity contribution in [2.45, 2.75) is 93.2 Å². The van der Waals surface area contributed by atoms with Gasteiger partial charge in [0.25, 0.3) is 0 Å². The summed E-state index contributed by atoms with van der Waals surface area (Å²) in [5, 5.41) is 33.7. The Morgan fingerprint density at radius 3 is 0.851 bits per heavy atom. The standard InChI is InChI=1S/C50H54N2O2P2.2C5H5.Fe/c1-31-19-32(2)24-39(23-31)55(40-25-33(3)20-34(4)26-40)47-17-11-13-43(47)49(53)51-45-15-9-10-16-46(45)52-50(54)44-14-12-18-48(44)56(41-27-35(5)21-36(6)28-41)42-29-37(7)22-38(8)30-42;2*1-2-4-5-3-1;/h11-14,17-30,45-46H,9-10,15-16H2,1-8H3,(H,51,53)(H,52,54);2*1-5H;/q;;;+2/p-2/t45-,46-;;;/m0.../s1. The number of aliphatic imine (C=N–C) groups is 2. The van der Waals surface area contributed by atoms with Crippen molar-refractivity contribution in [1.82, 2.24) is 0 Å². The Labute approximate surface area is 420 Å². The van der Waals surface area contributed by atoms with Crippen LogP contribution in [0, 0.1) is 181 Å². The van der Waals surface area contributed by atoms with Crippen molar-refractivity contribution in [3.8, 4) is 0 Å². The van der Waals surface area contributed by atoms with E-state index in [0.717, 1.165) is 37.0 Å². The summed E-state index contributed by atoms with van der Waals surface area (Å²) in [6.07, 6.45) is 35.4. The van der Waals surface area contributed by atoms with Gasteiger partial charge in [0.2, 0.25) is 0 Å². The summed E-state index contributed by atoms with van der Waals surface area (Å²) in [5.41, 5.74) is 11.7. The van der Waals surface area contributed by atoms with Gasteiger partial charge in [0.1, 0.15) is 0 Å². The van der Waals surface area contributed by atoms with E-state index in [2.05, 4.69) is 141 Å². The topological polar surface area (TPSA) is 70.8 Å². The predicted octanol–water partition coefficient (Wildman–Crippen LogP) is 10.1. The van der Waals surface area contributed by atoms with Gasteiger partial charge in [-0.3, -0.25) is 9.98 Å². The van der Waals surface area contributed by atoms with Crippen molar-refractivity contribution in [2.75, 3.05) is 0 Å². The second-order valence-electron chi connectivity index (χ2n) is 17.9.